The third-order valence-electron chi connectivity index (χ3n) is 17.9. The SMILES string of the molecule is Cc1cc(F)c(Nc2nc(-c3ccc4c(c3)N([C@H]3C[C@@H](N5CCCCC5)C3)C(=O)C43CCN(C(=O)CN4CCN(c5ccc6c(c5)C(=O)N(C5CCC(=O)NC5=O)C6=O)CC4)CC3)cc3ncn(C(C)C)c23)cc1C(=O)NC(C)C. The van der Waals surface area contributed by atoms with Gasteiger partial charge in [-0.05, 0) is 146 Å². The lowest BCUT2D eigenvalue weighted by Gasteiger charge is -2.48. The molecule has 6 aliphatic heterocycles. The predicted octanol–water partition coefficient (Wildman–Crippen LogP) is 6.46. The molecule has 418 valence electrons. The first kappa shape index (κ1) is 53.1. The highest BCUT2D eigenvalue weighted by atomic mass is 19.1. The Bertz CT molecular complexity index is 3380. The van der Waals surface area contributed by atoms with Gasteiger partial charge in [0.25, 0.3) is 17.7 Å². The molecule has 0 radical (unpaired) electrons. The van der Waals surface area contributed by atoms with Gasteiger partial charge in [-0.1, -0.05) is 18.6 Å². The summed E-state index contributed by atoms with van der Waals surface area (Å²) in [5, 5.41) is 8.43. The van der Waals surface area contributed by atoms with Crippen molar-refractivity contribution in [3.05, 3.63) is 94.6 Å². The van der Waals surface area contributed by atoms with E-state index in [9.17, 15) is 28.8 Å². The van der Waals surface area contributed by atoms with E-state index in [0.717, 1.165) is 53.3 Å². The lowest BCUT2D eigenvalue weighted by atomic mass is 9.73. The zero-order valence-corrected chi connectivity index (χ0v) is 46.1. The Morgan fingerprint density at radius 3 is 2.26 bits per heavy atom. The zero-order chi connectivity index (χ0) is 55.9. The fraction of sp³-hybridized carbons (Fsp3) is 0.483. The lowest BCUT2D eigenvalue weighted by Crippen LogP contribution is -2.58. The number of hydrogen-bond acceptors (Lipinski definition) is 13. The van der Waals surface area contributed by atoms with Gasteiger partial charge in [0.2, 0.25) is 23.6 Å². The van der Waals surface area contributed by atoms with Gasteiger partial charge in [0.1, 0.15) is 17.4 Å². The van der Waals surface area contributed by atoms with E-state index in [1.54, 1.807) is 25.4 Å². The molecule has 0 bridgehead atoms. The molecule has 3 aromatic carbocycles. The van der Waals surface area contributed by atoms with Crippen LogP contribution in [0.2, 0.25) is 0 Å². The number of pyridine rings is 1. The molecule has 8 heterocycles. The normalized spacial score (nSPS) is 22.4. The number of nitrogens with zero attached hydrogens (tertiary/aromatic N) is 9. The summed E-state index contributed by atoms with van der Waals surface area (Å²) < 4.78 is 17.9. The number of aromatic nitrogens is 3. The van der Waals surface area contributed by atoms with E-state index >= 15 is 9.18 Å². The summed E-state index contributed by atoms with van der Waals surface area (Å²) >= 11 is 0. The Hall–Kier alpha value is -7.58. The fourth-order valence-electron chi connectivity index (χ4n) is 13.4. The van der Waals surface area contributed by atoms with Crippen molar-refractivity contribution in [2.45, 2.75) is 128 Å². The highest BCUT2D eigenvalue weighted by Crippen LogP contribution is 2.52. The third-order valence-corrected chi connectivity index (χ3v) is 17.9. The molecular weight excluding hydrogens is 1020 g/mol. The number of nitrogens with one attached hydrogen (secondary N) is 3. The van der Waals surface area contributed by atoms with E-state index in [-0.39, 0.29) is 72.0 Å². The molecule has 19 nitrogen and oxygen atoms in total. The summed E-state index contributed by atoms with van der Waals surface area (Å²) in [6, 6.07) is 15.4. The number of rotatable bonds is 12. The smallest absolute Gasteiger partial charge is 0.262 e. The van der Waals surface area contributed by atoms with Crippen LogP contribution in [0.1, 0.15) is 134 Å². The summed E-state index contributed by atoms with van der Waals surface area (Å²) in [6.45, 7) is 15.2. The number of anilines is 4. The van der Waals surface area contributed by atoms with Crippen molar-refractivity contribution in [3.8, 4) is 11.3 Å². The molecule has 12 rings (SSSR count). The van der Waals surface area contributed by atoms with Crippen LogP contribution in [0.3, 0.4) is 0 Å². The second kappa shape index (κ2) is 20.8. The Balaban J connectivity index is 0.764. The van der Waals surface area contributed by atoms with Crippen molar-refractivity contribution in [1.29, 1.82) is 0 Å². The number of carbonyl (C=O) groups excluding carboxylic acids is 7. The Labute approximate surface area is 464 Å². The highest BCUT2D eigenvalue weighted by Gasteiger charge is 2.56. The average Bonchev–Trinajstić information content (AvgIpc) is 4.25. The average molecular weight is 1090 g/mol. The van der Waals surface area contributed by atoms with Gasteiger partial charge in [0, 0.05) is 92.4 Å². The van der Waals surface area contributed by atoms with Crippen LogP contribution in [0.25, 0.3) is 22.3 Å². The fourth-order valence-corrected chi connectivity index (χ4v) is 13.4. The van der Waals surface area contributed by atoms with Gasteiger partial charge in [-0.25, -0.2) is 14.4 Å². The minimum atomic E-state index is -1.04. The first-order chi connectivity index (χ1) is 38.5. The first-order valence-electron chi connectivity index (χ1n) is 28.5. The molecule has 80 heavy (non-hydrogen) atoms. The van der Waals surface area contributed by atoms with Crippen LogP contribution in [0, 0.1) is 12.7 Å². The third kappa shape index (κ3) is 9.36. The molecule has 5 aromatic rings. The van der Waals surface area contributed by atoms with Crippen molar-refractivity contribution in [3.63, 3.8) is 0 Å². The second-order valence-corrected chi connectivity index (χ2v) is 23.6. The number of benzene rings is 3. The zero-order valence-electron chi connectivity index (χ0n) is 46.1. The molecule has 1 spiro atoms. The van der Waals surface area contributed by atoms with Crippen LogP contribution < -0.4 is 25.8 Å². The predicted molar refractivity (Wildman–Crippen MR) is 299 cm³/mol. The van der Waals surface area contributed by atoms with Crippen molar-refractivity contribution in [2.24, 2.45) is 0 Å². The molecule has 5 fully saturated rings. The van der Waals surface area contributed by atoms with Gasteiger partial charge in [-0.15, -0.1) is 0 Å². The van der Waals surface area contributed by atoms with Crippen LogP contribution in [-0.4, -0.2) is 159 Å². The molecule has 1 aliphatic carbocycles. The Morgan fingerprint density at radius 1 is 0.812 bits per heavy atom. The van der Waals surface area contributed by atoms with Gasteiger partial charge in [0.15, 0.2) is 5.82 Å². The van der Waals surface area contributed by atoms with Gasteiger partial charge >= 0.3 is 0 Å². The van der Waals surface area contributed by atoms with E-state index in [1.165, 1.54) is 31.4 Å². The summed E-state index contributed by atoms with van der Waals surface area (Å²) in [7, 11) is 0. The van der Waals surface area contributed by atoms with Crippen LogP contribution in [0.4, 0.5) is 27.3 Å². The standard InChI is InChI=1S/C60H69FN12O7/c1-34(2)63-55(76)42-30-47(45(61)25-36(42)5)65-54-53-48(62-33-71(53)35(3)4)31-46(64-54)37-9-12-44-50(26-37)72(40-27-39(28-40)68-17-7-6-8-18-68)59(80)60(44)15-19-70(20-16-60)52(75)32-67-21-23-69(24-22-67)38-10-11-41-43(29-38)58(79)73(57(41)78)49-13-14-51(74)66-56(49)77/h9-12,25-26,29-31,33-35,39-40,49H,6-8,13-24,27-28,32H2,1-5H3,(H,63,76)(H,64,65)(H,66,74,77)/t39-,40+,49?. The van der Waals surface area contributed by atoms with Crippen molar-refractivity contribution >= 4 is 75.3 Å². The maximum absolute atomic E-state index is 15.9. The molecule has 20 heteroatoms. The molecule has 7 amide bonds. The number of halogens is 1. The summed E-state index contributed by atoms with van der Waals surface area (Å²) in [6.07, 6.45) is 8.28. The van der Waals surface area contributed by atoms with Crippen LogP contribution in [0.5, 0.6) is 0 Å². The number of piperidine rings is 3. The number of hydrogen-bond donors (Lipinski definition) is 3. The lowest BCUT2D eigenvalue weighted by molar-refractivity contribution is -0.137. The van der Waals surface area contributed by atoms with Crippen LogP contribution in [-0.2, 0) is 24.6 Å². The van der Waals surface area contributed by atoms with E-state index in [2.05, 4.69) is 47.7 Å². The maximum Gasteiger partial charge on any atom is 0.262 e. The highest BCUT2D eigenvalue weighted by molar-refractivity contribution is 6.24. The minimum Gasteiger partial charge on any atom is -0.369 e. The van der Waals surface area contributed by atoms with E-state index < -0.39 is 40.9 Å². The Morgan fingerprint density at radius 2 is 1.55 bits per heavy atom. The quantitative estimate of drug-likeness (QED) is 0.115. The van der Waals surface area contributed by atoms with E-state index in [0.29, 0.717) is 91.8 Å². The van der Waals surface area contributed by atoms with E-state index in [1.807, 2.05) is 55.4 Å². The van der Waals surface area contributed by atoms with E-state index in [4.69, 9.17) is 9.97 Å². The van der Waals surface area contributed by atoms with Gasteiger partial charge in [-0.2, -0.15) is 0 Å². The number of aryl methyl sites for hydroxylation is 1. The molecule has 1 saturated carbocycles. The summed E-state index contributed by atoms with van der Waals surface area (Å²) in [4.78, 5) is 116. The van der Waals surface area contributed by atoms with Gasteiger partial charge < -0.3 is 34.8 Å². The van der Waals surface area contributed by atoms with Gasteiger partial charge in [0.05, 0.1) is 46.3 Å². The van der Waals surface area contributed by atoms with Crippen molar-refractivity contribution in [2.75, 3.05) is 74.0 Å². The molecule has 1 atom stereocenters. The number of amides is 7. The molecule has 2 aromatic heterocycles. The molecule has 4 saturated heterocycles. The molecule has 1 unspecified atom stereocenters. The number of piperazine rings is 1. The molecule has 7 aliphatic rings. The largest absolute Gasteiger partial charge is 0.369 e. The Kier molecular flexibility index (Phi) is 13.8. The molecule has 3 N–H and O–H groups in total. The first-order valence-corrected chi connectivity index (χ1v) is 28.5. The number of carbonyl (C=O) groups is 7. The monoisotopic (exact) mass is 1090 g/mol. The number of imide groups is 2. The number of imidazole rings is 1. The van der Waals surface area contributed by atoms with Crippen molar-refractivity contribution < 1.29 is 38.0 Å². The van der Waals surface area contributed by atoms with Crippen LogP contribution in [0.15, 0.2) is 60.9 Å². The van der Waals surface area contributed by atoms with Gasteiger partial charge in [-0.3, -0.25) is 48.7 Å². The minimum absolute atomic E-state index is 0.00491. The second-order valence-electron chi connectivity index (χ2n) is 23.6. The maximum atomic E-state index is 15.9. The molecular formula is C60H69FN12O7. The topological polar surface area (TPSA) is 206 Å². The van der Waals surface area contributed by atoms with Crippen molar-refractivity contribution in [1.82, 2.24) is 44.8 Å². The number of likely N-dealkylation sites (tertiary alicyclic amines) is 2. The summed E-state index contributed by atoms with van der Waals surface area (Å²) in [5.41, 5.74) is 5.94. The number of fused-ring (bicyclic) bond motifs is 4. The summed E-state index contributed by atoms with van der Waals surface area (Å²) in [5.74, 6) is -2.51. The van der Waals surface area contributed by atoms with Crippen LogP contribution >= 0.6 is 0 Å².